The van der Waals surface area contributed by atoms with Crippen molar-refractivity contribution in [2.75, 3.05) is 7.11 Å². The molecule has 0 radical (unpaired) electrons. The minimum absolute atomic E-state index is 0.126. The second kappa shape index (κ2) is 8.22. The molecule has 28 heavy (non-hydrogen) atoms. The number of carbonyl (C=O) groups excluding carboxylic acids is 2. The number of aromatic nitrogens is 2. The summed E-state index contributed by atoms with van der Waals surface area (Å²) in [6.45, 7) is 1.85. The number of ether oxygens (including phenoxy) is 1. The van der Waals surface area contributed by atoms with Gasteiger partial charge in [-0.25, -0.2) is 4.98 Å². The highest BCUT2D eigenvalue weighted by Gasteiger charge is 2.19. The molecule has 0 bridgehead atoms. The van der Waals surface area contributed by atoms with Crippen LogP contribution in [0.5, 0.6) is 0 Å². The fraction of sp³-hybridized carbons (Fsp3) is 0.200. The van der Waals surface area contributed by atoms with Gasteiger partial charge in [0, 0.05) is 18.1 Å². The predicted octanol–water partition coefficient (Wildman–Crippen LogP) is 2.46. The third kappa shape index (κ3) is 4.04. The highest BCUT2D eigenvalue weighted by Crippen LogP contribution is 2.21. The van der Waals surface area contributed by atoms with Crippen LogP contribution in [0.25, 0.3) is 11.0 Å². The normalized spacial score (nSPS) is 10.7. The molecule has 0 unspecified atom stereocenters. The number of nitrogens with zero attached hydrogens (tertiary/aromatic N) is 2. The van der Waals surface area contributed by atoms with Gasteiger partial charge in [0.15, 0.2) is 0 Å². The predicted molar refractivity (Wildman–Crippen MR) is 105 cm³/mol. The number of hydrogen-bond donors (Lipinski definition) is 1. The summed E-state index contributed by atoms with van der Waals surface area (Å²) in [5.74, 6) is -1.20. The maximum Gasteiger partial charge on any atom is 0.325 e. The molecule has 2 aromatic heterocycles. The molecular weight excluding hydrogens is 382 g/mol. The van der Waals surface area contributed by atoms with Crippen LogP contribution in [0, 0.1) is 6.92 Å². The van der Waals surface area contributed by atoms with Gasteiger partial charge in [0.05, 0.1) is 12.1 Å². The third-order valence-corrected chi connectivity index (χ3v) is 4.60. The number of amides is 1. The zero-order valence-electron chi connectivity index (χ0n) is 15.4. The Hall–Kier alpha value is -3.19. The van der Waals surface area contributed by atoms with E-state index in [9.17, 15) is 14.4 Å². The molecule has 3 rings (SSSR count). The van der Waals surface area contributed by atoms with Crippen molar-refractivity contribution in [3.05, 3.63) is 74.7 Å². The number of aryl methyl sites for hydroxylation is 1. The van der Waals surface area contributed by atoms with Crippen molar-refractivity contribution in [3.63, 3.8) is 0 Å². The lowest BCUT2D eigenvalue weighted by Gasteiger charge is -2.12. The van der Waals surface area contributed by atoms with Crippen molar-refractivity contribution in [2.45, 2.75) is 20.0 Å². The zero-order chi connectivity index (χ0) is 20.3. The molecule has 0 spiro atoms. The molecule has 2 heterocycles. The Kier molecular flexibility index (Phi) is 5.75. The third-order valence-electron chi connectivity index (χ3n) is 4.27. The molecule has 1 N–H and O–H groups in total. The fourth-order valence-electron chi connectivity index (χ4n) is 2.72. The van der Waals surface area contributed by atoms with Crippen LogP contribution in [0.4, 0.5) is 0 Å². The van der Waals surface area contributed by atoms with Crippen molar-refractivity contribution >= 4 is 34.5 Å². The van der Waals surface area contributed by atoms with E-state index in [0.29, 0.717) is 10.4 Å². The van der Waals surface area contributed by atoms with Gasteiger partial charge in [-0.3, -0.25) is 19.0 Å². The van der Waals surface area contributed by atoms with Crippen molar-refractivity contribution in [3.8, 4) is 0 Å². The minimum atomic E-state index is -0.644. The Bertz CT molecular complexity index is 1110. The number of halogens is 1. The maximum atomic E-state index is 12.9. The average Bonchev–Trinajstić information content (AvgIpc) is 2.69. The van der Waals surface area contributed by atoms with Crippen LogP contribution in [0.1, 0.15) is 21.5 Å². The number of hydrogen-bond acceptors (Lipinski definition) is 5. The number of nitrogens with one attached hydrogen (secondary N) is 1. The molecule has 0 atom stereocenters. The van der Waals surface area contributed by atoms with Crippen molar-refractivity contribution in [1.82, 2.24) is 14.9 Å². The van der Waals surface area contributed by atoms with E-state index < -0.39 is 17.4 Å². The number of esters is 1. The van der Waals surface area contributed by atoms with Gasteiger partial charge in [0.25, 0.3) is 11.5 Å². The molecule has 0 aliphatic carbocycles. The van der Waals surface area contributed by atoms with E-state index >= 15 is 0 Å². The minimum Gasteiger partial charge on any atom is -0.468 e. The Morgan fingerprint density at radius 3 is 2.61 bits per heavy atom. The molecule has 0 aliphatic rings. The summed E-state index contributed by atoms with van der Waals surface area (Å²) in [6.07, 6.45) is 1.43. The first-order valence-electron chi connectivity index (χ1n) is 8.49. The van der Waals surface area contributed by atoms with Gasteiger partial charge >= 0.3 is 5.97 Å². The van der Waals surface area contributed by atoms with E-state index in [1.165, 1.54) is 19.4 Å². The standard InChI is InChI=1S/C20H18ClN3O4/c1-12-3-5-13(6-4-12)10-23-19(26)15-9-14-16(21)7-8-22-18(14)24(20(15)27)11-17(25)28-2/h3-9H,10-11H2,1-2H3,(H,23,26). The van der Waals surface area contributed by atoms with E-state index in [-0.39, 0.29) is 24.3 Å². The highest BCUT2D eigenvalue weighted by molar-refractivity contribution is 6.35. The van der Waals surface area contributed by atoms with Crippen LogP contribution in [0.15, 0.2) is 47.4 Å². The van der Waals surface area contributed by atoms with Gasteiger partial charge in [-0.2, -0.15) is 0 Å². The zero-order valence-corrected chi connectivity index (χ0v) is 16.1. The van der Waals surface area contributed by atoms with Crippen molar-refractivity contribution < 1.29 is 14.3 Å². The van der Waals surface area contributed by atoms with Gasteiger partial charge in [0.2, 0.25) is 0 Å². The monoisotopic (exact) mass is 399 g/mol. The number of benzene rings is 1. The van der Waals surface area contributed by atoms with E-state index in [4.69, 9.17) is 11.6 Å². The number of carbonyl (C=O) groups is 2. The molecule has 7 nitrogen and oxygen atoms in total. The lowest BCUT2D eigenvalue weighted by atomic mass is 10.1. The van der Waals surface area contributed by atoms with Gasteiger partial charge in [-0.1, -0.05) is 41.4 Å². The lowest BCUT2D eigenvalue weighted by Crippen LogP contribution is -2.34. The van der Waals surface area contributed by atoms with Gasteiger partial charge in [-0.05, 0) is 24.6 Å². The Morgan fingerprint density at radius 1 is 1.21 bits per heavy atom. The number of rotatable bonds is 5. The first-order chi connectivity index (χ1) is 13.4. The van der Waals surface area contributed by atoms with Crippen LogP contribution in [-0.4, -0.2) is 28.5 Å². The molecule has 0 saturated heterocycles. The molecule has 1 aromatic carbocycles. The van der Waals surface area contributed by atoms with Gasteiger partial charge in [-0.15, -0.1) is 0 Å². The molecular formula is C20H18ClN3O4. The van der Waals surface area contributed by atoms with Crippen LogP contribution < -0.4 is 10.9 Å². The van der Waals surface area contributed by atoms with Crippen LogP contribution >= 0.6 is 11.6 Å². The second-order valence-corrected chi connectivity index (χ2v) is 6.63. The summed E-state index contributed by atoms with van der Waals surface area (Å²) in [6, 6.07) is 10.6. The second-order valence-electron chi connectivity index (χ2n) is 6.22. The Morgan fingerprint density at radius 2 is 1.93 bits per heavy atom. The average molecular weight is 400 g/mol. The first kappa shape index (κ1) is 19.6. The van der Waals surface area contributed by atoms with Crippen molar-refractivity contribution in [1.29, 1.82) is 0 Å². The van der Waals surface area contributed by atoms with Crippen LogP contribution in [0.3, 0.4) is 0 Å². The van der Waals surface area contributed by atoms with E-state index in [1.807, 2.05) is 31.2 Å². The number of methoxy groups -OCH3 is 1. The van der Waals surface area contributed by atoms with E-state index in [1.54, 1.807) is 6.07 Å². The summed E-state index contributed by atoms with van der Waals surface area (Å²) in [5.41, 5.74) is 1.44. The molecule has 144 valence electrons. The SMILES string of the molecule is COC(=O)Cn1c(=O)c(C(=O)NCc2ccc(C)cc2)cc2c(Cl)ccnc21. The Balaban J connectivity index is 1.99. The molecule has 1 amide bonds. The quantitative estimate of drug-likeness (QED) is 0.665. The summed E-state index contributed by atoms with van der Waals surface area (Å²) in [5, 5.41) is 3.43. The first-order valence-corrected chi connectivity index (χ1v) is 8.87. The van der Waals surface area contributed by atoms with Crippen molar-refractivity contribution in [2.24, 2.45) is 0 Å². The molecule has 0 saturated carbocycles. The topological polar surface area (TPSA) is 90.3 Å². The van der Waals surface area contributed by atoms with Crippen LogP contribution in [-0.2, 0) is 22.6 Å². The highest BCUT2D eigenvalue weighted by atomic mass is 35.5. The van der Waals surface area contributed by atoms with Crippen LogP contribution in [0.2, 0.25) is 5.02 Å². The Labute approximate surface area is 165 Å². The summed E-state index contributed by atoms with van der Waals surface area (Å²) in [7, 11) is 1.22. The smallest absolute Gasteiger partial charge is 0.325 e. The number of pyridine rings is 2. The molecule has 8 heteroatoms. The molecule has 0 fully saturated rings. The molecule has 0 aliphatic heterocycles. The van der Waals surface area contributed by atoms with Gasteiger partial charge < -0.3 is 10.1 Å². The largest absolute Gasteiger partial charge is 0.468 e. The summed E-state index contributed by atoms with van der Waals surface area (Å²) in [4.78, 5) is 41.4. The molecule has 3 aromatic rings. The maximum absolute atomic E-state index is 12.9. The summed E-state index contributed by atoms with van der Waals surface area (Å²) < 4.78 is 5.73. The van der Waals surface area contributed by atoms with Gasteiger partial charge in [0.1, 0.15) is 17.8 Å². The van der Waals surface area contributed by atoms with E-state index in [0.717, 1.165) is 15.7 Å². The number of fused-ring (bicyclic) bond motifs is 1. The van der Waals surface area contributed by atoms with E-state index in [2.05, 4.69) is 15.0 Å². The summed E-state index contributed by atoms with van der Waals surface area (Å²) >= 11 is 6.21. The fourth-order valence-corrected chi connectivity index (χ4v) is 2.92. The lowest BCUT2D eigenvalue weighted by molar-refractivity contribution is -0.141.